The maximum absolute atomic E-state index is 11.9. The predicted octanol–water partition coefficient (Wildman–Crippen LogP) is 1.03. The summed E-state index contributed by atoms with van der Waals surface area (Å²) >= 11 is 0.777. The molecule has 0 atom stereocenters. The Morgan fingerprint density at radius 3 is 2.63 bits per heavy atom. The van der Waals surface area contributed by atoms with E-state index >= 15 is 0 Å². The first kappa shape index (κ1) is 16.1. The standard InChI is InChI=1S/C11H18N2O4S2/c1-3-12-5-4-6-13-19(16,17)9-7-8(2)10(18-9)11(14)15/h7,12-13H,3-6H2,1-2H3,(H,14,15). The molecule has 1 rings (SSSR count). The maximum atomic E-state index is 11.9. The van der Waals surface area contributed by atoms with E-state index in [9.17, 15) is 13.2 Å². The smallest absolute Gasteiger partial charge is 0.346 e. The molecule has 0 unspecified atom stereocenters. The van der Waals surface area contributed by atoms with E-state index in [1.54, 1.807) is 6.92 Å². The lowest BCUT2D eigenvalue weighted by molar-refractivity contribution is 0.0701. The largest absolute Gasteiger partial charge is 0.477 e. The maximum Gasteiger partial charge on any atom is 0.346 e. The third-order valence-corrected chi connectivity index (χ3v) is 5.59. The van der Waals surface area contributed by atoms with Gasteiger partial charge < -0.3 is 10.4 Å². The highest BCUT2D eigenvalue weighted by Gasteiger charge is 2.21. The molecule has 1 heterocycles. The normalized spacial score (nSPS) is 11.7. The number of carboxylic acids is 1. The molecule has 0 fully saturated rings. The molecule has 6 nitrogen and oxygen atoms in total. The van der Waals surface area contributed by atoms with Crippen molar-refractivity contribution in [3.8, 4) is 0 Å². The van der Waals surface area contributed by atoms with Gasteiger partial charge in [0.2, 0.25) is 10.0 Å². The molecule has 0 aliphatic carbocycles. The minimum absolute atomic E-state index is 0.0471. The highest BCUT2D eigenvalue weighted by atomic mass is 32.2. The average molecular weight is 306 g/mol. The molecule has 8 heteroatoms. The van der Waals surface area contributed by atoms with Crippen molar-refractivity contribution in [2.75, 3.05) is 19.6 Å². The Bertz CT molecular complexity index is 537. The topological polar surface area (TPSA) is 95.5 Å². The fourth-order valence-electron chi connectivity index (χ4n) is 1.47. The molecule has 0 saturated carbocycles. The van der Waals surface area contributed by atoms with Gasteiger partial charge in [0.1, 0.15) is 9.09 Å². The summed E-state index contributed by atoms with van der Waals surface area (Å²) in [5, 5.41) is 12.0. The molecule has 1 aromatic rings. The Morgan fingerprint density at radius 2 is 2.11 bits per heavy atom. The van der Waals surface area contributed by atoms with E-state index in [1.165, 1.54) is 6.07 Å². The van der Waals surface area contributed by atoms with E-state index < -0.39 is 16.0 Å². The van der Waals surface area contributed by atoms with Crippen LogP contribution in [0, 0.1) is 6.92 Å². The number of nitrogens with one attached hydrogen (secondary N) is 2. The lowest BCUT2D eigenvalue weighted by Gasteiger charge is -2.04. The number of aryl methyl sites for hydroxylation is 1. The molecular weight excluding hydrogens is 288 g/mol. The van der Waals surface area contributed by atoms with E-state index in [1.807, 2.05) is 6.92 Å². The van der Waals surface area contributed by atoms with Gasteiger partial charge in [0.05, 0.1) is 0 Å². The summed E-state index contributed by atoms with van der Waals surface area (Å²) in [6.45, 7) is 5.48. The summed E-state index contributed by atoms with van der Waals surface area (Å²) in [5.41, 5.74) is 0.463. The quantitative estimate of drug-likeness (QED) is 0.624. The third kappa shape index (κ3) is 4.57. The van der Waals surface area contributed by atoms with Crippen LogP contribution < -0.4 is 10.0 Å². The number of carbonyl (C=O) groups is 1. The summed E-state index contributed by atoms with van der Waals surface area (Å²) in [7, 11) is -3.61. The number of hydrogen-bond acceptors (Lipinski definition) is 5. The van der Waals surface area contributed by atoms with E-state index in [4.69, 9.17) is 5.11 Å². The highest BCUT2D eigenvalue weighted by Crippen LogP contribution is 2.25. The van der Waals surface area contributed by atoms with Gasteiger partial charge in [0.25, 0.3) is 0 Å². The van der Waals surface area contributed by atoms with Crippen LogP contribution in [-0.4, -0.2) is 39.1 Å². The SMILES string of the molecule is CCNCCCNS(=O)(=O)c1cc(C)c(C(=O)O)s1. The van der Waals surface area contributed by atoms with E-state index in [0.717, 1.165) is 24.4 Å². The molecule has 19 heavy (non-hydrogen) atoms. The Labute approximate surface area is 116 Å². The van der Waals surface area contributed by atoms with Crippen LogP contribution in [0.4, 0.5) is 0 Å². The lowest BCUT2D eigenvalue weighted by atomic mass is 10.3. The van der Waals surface area contributed by atoms with Gasteiger partial charge in [-0.25, -0.2) is 17.9 Å². The zero-order chi connectivity index (χ0) is 14.5. The van der Waals surface area contributed by atoms with Gasteiger partial charge in [-0.3, -0.25) is 0 Å². The van der Waals surface area contributed by atoms with Gasteiger partial charge in [0.15, 0.2) is 0 Å². The molecule has 0 bridgehead atoms. The number of rotatable bonds is 8. The van der Waals surface area contributed by atoms with Gasteiger partial charge in [-0.15, -0.1) is 11.3 Å². The first-order valence-electron chi connectivity index (χ1n) is 5.92. The van der Waals surface area contributed by atoms with Crippen LogP contribution in [0.3, 0.4) is 0 Å². The number of carboxylic acid groups (broad SMARTS) is 1. The molecule has 0 aromatic carbocycles. The minimum atomic E-state index is -3.61. The average Bonchev–Trinajstić information content (AvgIpc) is 2.72. The highest BCUT2D eigenvalue weighted by molar-refractivity contribution is 7.91. The first-order valence-corrected chi connectivity index (χ1v) is 8.22. The Kier molecular flexibility index (Phi) is 5.92. The number of aromatic carboxylic acids is 1. The summed E-state index contributed by atoms with van der Waals surface area (Å²) in [6, 6.07) is 1.39. The molecule has 108 valence electrons. The van der Waals surface area contributed by atoms with Crippen molar-refractivity contribution in [1.82, 2.24) is 10.0 Å². The summed E-state index contributed by atoms with van der Waals surface area (Å²) in [4.78, 5) is 10.9. The van der Waals surface area contributed by atoms with Crippen molar-refractivity contribution in [3.63, 3.8) is 0 Å². The van der Waals surface area contributed by atoms with Crippen LogP contribution in [0.5, 0.6) is 0 Å². The summed E-state index contributed by atoms with van der Waals surface area (Å²) < 4.78 is 26.4. The van der Waals surface area contributed by atoms with Crippen molar-refractivity contribution >= 4 is 27.3 Å². The lowest BCUT2D eigenvalue weighted by Crippen LogP contribution is -2.27. The zero-order valence-corrected chi connectivity index (χ0v) is 12.5. The molecule has 0 spiro atoms. The molecule has 3 N–H and O–H groups in total. The van der Waals surface area contributed by atoms with Gasteiger partial charge in [0, 0.05) is 6.54 Å². The number of hydrogen-bond donors (Lipinski definition) is 3. The van der Waals surface area contributed by atoms with Crippen LogP contribution in [-0.2, 0) is 10.0 Å². The zero-order valence-electron chi connectivity index (χ0n) is 10.9. The predicted molar refractivity (Wildman–Crippen MR) is 74.4 cm³/mol. The van der Waals surface area contributed by atoms with Crippen molar-refractivity contribution < 1.29 is 18.3 Å². The monoisotopic (exact) mass is 306 g/mol. The van der Waals surface area contributed by atoms with Gasteiger partial charge in [-0.05, 0) is 38.1 Å². The van der Waals surface area contributed by atoms with Crippen LogP contribution in [0.25, 0.3) is 0 Å². The fourth-order valence-corrected chi connectivity index (χ4v) is 3.96. The van der Waals surface area contributed by atoms with E-state index in [-0.39, 0.29) is 9.09 Å². The third-order valence-electron chi connectivity index (χ3n) is 2.43. The Morgan fingerprint density at radius 1 is 1.42 bits per heavy atom. The molecule has 0 aliphatic rings. The second kappa shape index (κ2) is 6.99. The number of thiophene rings is 1. The van der Waals surface area contributed by atoms with E-state index in [2.05, 4.69) is 10.0 Å². The van der Waals surface area contributed by atoms with Crippen LogP contribution >= 0.6 is 11.3 Å². The minimum Gasteiger partial charge on any atom is -0.477 e. The van der Waals surface area contributed by atoms with Crippen molar-refractivity contribution in [2.45, 2.75) is 24.5 Å². The van der Waals surface area contributed by atoms with Crippen molar-refractivity contribution in [3.05, 3.63) is 16.5 Å². The van der Waals surface area contributed by atoms with Gasteiger partial charge in [-0.2, -0.15) is 0 Å². The molecule has 1 aromatic heterocycles. The second-order valence-corrected chi connectivity index (χ2v) is 7.03. The van der Waals surface area contributed by atoms with Crippen molar-refractivity contribution in [1.29, 1.82) is 0 Å². The van der Waals surface area contributed by atoms with Gasteiger partial charge >= 0.3 is 5.97 Å². The molecular formula is C11H18N2O4S2. The molecule has 0 radical (unpaired) electrons. The second-order valence-electron chi connectivity index (χ2n) is 3.99. The number of sulfonamides is 1. The summed E-state index contributed by atoms with van der Waals surface area (Å²) in [5.74, 6) is -1.10. The van der Waals surface area contributed by atoms with E-state index in [0.29, 0.717) is 18.5 Å². The first-order chi connectivity index (χ1) is 8.88. The van der Waals surface area contributed by atoms with Crippen LogP contribution in [0.2, 0.25) is 0 Å². The van der Waals surface area contributed by atoms with Crippen LogP contribution in [0.1, 0.15) is 28.6 Å². The summed E-state index contributed by atoms with van der Waals surface area (Å²) in [6.07, 6.45) is 0.684. The Balaban J connectivity index is 2.67. The fraction of sp³-hybridized carbons (Fsp3) is 0.545. The Hall–Kier alpha value is -0.960. The molecule has 0 saturated heterocycles. The van der Waals surface area contributed by atoms with Crippen LogP contribution in [0.15, 0.2) is 10.3 Å². The van der Waals surface area contributed by atoms with Crippen molar-refractivity contribution in [2.24, 2.45) is 0 Å². The molecule has 0 amide bonds. The molecule has 0 aliphatic heterocycles. The van der Waals surface area contributed by atoms with Gasteiger partial charge in [-0.1, -0.05) is 6.92 Å².